The summed E-state index contributed by atoms with van der Waals surface area (Å²) in [6, 6.07) is 7.58. The molecular weight excluding hydrogens is 214 g/mol. The van der Waals surface area contributed by atoms with E-state index >= 15 is 0 Å². The van der Waals surface area contributed by atoms with Crippen LogP contribution < -0.4 is 5.73 Å². The molecule has 2 heterocycles. The molecule has 0 atom stereocenters. The summed E-state index contributed by atoms with van der Waals surface area (Å²) in [6.45, 7) is 1.98. The summed E-state index contributed by atoms with van der Waals surface area (Å²) >= 11 is 0. The predicted octanol–water partition coefficient (Wildman–Crippen LogP) is 2.78. The average Bonchev–Trinajstić information content (AvgIpc) is 2.74. The molecule has 1 aromatic carbocycles. The Hall–Kier alpha value is -2.36. The molecule has 0 aliphatic heterocycles. The van der Waals surface area contributed by atoms with Crippen molar-refractivity contribution in [2.24, 2.45) is 0 Å². The first-order chi connectivity index (χ1) is 8.24. The number of aryl methyl sites for hydroxylation is 1. The second-order valence-electron chi connectivity index (χ2n) is 3.96. The van der Waals surface area contributed by atoms with Crippen molar-refractivity contribution in [3.8, 4) is 11.5 Å². The van der Waals surface area contributed by atoms with E-state index in [-0.39, 0.29) is 0 Å². The summed E-state index contributed by atoms with van der Waals surface area (Å²) in [5, 5.41) is 0. The molecule has 0 spiro atoms. The van der Waals surface area contributed by atoms with Crippen molar-refractivity contribution in [1.82, 2.24) is 9.97 Å². The van der Waals surface area contributed by atoms with Gasteiger partial charge >= 0.3 is 0 Å². The van der Waals surface area contributed by atoms with Crippen LogP contribution >= 0.6 is 0 Å². The number of benzene rings is 1. The van der Waals surface area contributed by atoms with Gasteiger partial charge in [0.05, 0.1) is 11.3 Å². The molecule has 4 heteroatoms. The molecule has 84 valence electrons. The minimum atomic E-state index is 0.547. The second-order valence-corrected chi connectivity index (χ2v) is 3.96. The average molecular weight is 225 g/mol. The van der Waals surface area contributed by atoms with Gasteiger partial charge in [0.1, 0.15) is 5.52 Å². The van der Waals surface area contributed by atoms with Gasteiger partial charge < -0.3 is 10.2 Å². The highest BCUT2D eigenvalue weighted by Crippen LogP contribution is 2.28. The molecule has 2 aromatic heterocycles. The van der Waals surface area contributed by atoms with Crippen LogP contribution in [0.4, 0.5) is 5.69 Å². The maximum Gasteiger partial charge on any atom is 0.228 e. The van der Waals surface area contributed by atoms with Crippen LogP contribution in [-0.4, -0.2) is 9.97 Å². The van der Waals surface area contributed by atoms with Gasteiger partial charge in [0.15, 0.2) is 5.58 Å². The highest BCUT2D eigenvalue weighted by molar-refractivity contribution is 5.87. The summed E-state index contributed by atoms with van der Waals surface area (Å²) in [4.78, 5) is 8.46. The van der Waals surface area contributed by atoms with Crippen molar-refractivity contribution in [3.05, 3.63) is 42.2 Å². The second kappa shape index (κ2) is 3.59. The van der Waals surface area contributed by atoms with Crippen LogP contribution in [0, 0.1) is 6.92 Å². The van der Waals surface area contributed by atoms with E-state index in [1.165, 1.54) is 0 Å². The Morgan fingerprint density at radius 3 is 2.94 bits per heavy atom. The zero-order valence-electron chi connectivity index (χ0n) is 9.34. The number of hydrogen-bond donors (Lipinski definition) is 1. The molecule has 0 fully saturated rings. The number of hydrogen-bond acceptors (Lipinski definition) is 4. The van der Waals surface area contributed by atoms with Crippen LogP contribution in [0.5, 0.6) is 0 Å². The van der Waals surface area contributed by atoms with Crippen molar-refractivity contribution >= 4 is 16.8 Å². The van der Waals surface area contributed by atoms with Crippen molar-refractivity contribution in [2.75, 3.05) is 5.73 Å². The van der Waals surface area contributed by atoms with E-state index < -0.39 is 0 Å². The number of rotatable bonds is 1. The Bertz CT molecular complexity index is 674. The molecule has 0 aliphatic carbocycles. The van der Waals surface area contributed by atoms with Crippen LogP contribution in [0.15, 0.2) is 41.1 Å². The molecule has 3 aromatic rings. The minimum Gasteiger partial charge on any atom is -0.434 e. The van der Waals surface area contributed by atoms with Crippen molar-refractivity contribution in [1.29, 1.82) is 0 Å². The number of oxazole rings is 1. The van der Waals surface area contributed by atoms with Gasteiger partial charge in [0.25, 0.3) is 0 Å². The lowest BCUT2D eigenvalue weighted by molar-refractivity contribution is 0.620. The van der Waals surface area contributed by atoms with Gasteiger partial charge in [-0.1, -0.05) is 0 Å². The zero-order valence-corrected chi connectivity index (χ0v) is 9.34. The van der Waals surface area contributed by atoms with Gasteiger partial charge in [-0.15, -0.1) is 0 Å². The van der Waals surface area contributed by atoms with Crippen molar-refractivity contribution in [2.45, 2.75) is 6.92 Å². The smallest absolute Gasteiger partial charge is 0.228 e. The summed E-state index contributed by atoms with van der Waals surface area (Å²) in [5.41, 5.74) is 9.84. The van der Waals surface area contributed by atoms with Crippen LogP contribution in [0.3, 0.4) is 0 Å². The first kappa shape index (κ1) is 9.84. The fourth-order valence-corrected chi connectivity index (χ4v) is 1.82. The number of aromatic nitrogens is 2. The van der Waals surface area contributed by atoms with Gasteiger partial charge in [-0.3, -0.25) is 4.98 Å². The molecule has 17 heavy (non-hydrogen) atoms. The van der Waals surface area contributed by atoms with Crippen LogP contribution in [0.1, 0.15) is 5.56 Å². The molecule has 2 N–H and O–H groups in total. The first-order valence-corrected chi connectivity index (χ1v) is 5.31. The summed E-state index contributed by atoms with van der Waals surface area (Å²) < 4.78 is 5.66. The van der Waals surface area contributed by atoms with E-state index in [1.807, 2.05) is 31.2 Å². The van der Waals surface area contributed by atoms with Gasteiger partial charge in [-0.25, -0.2) is 4.98 Å². The third kappa shape index (κ3) is 1.63. The van der Waals surface area contributed by atoms with Gasteiger partial charge in [-0.05, 0) is 36.8 Å². The molecule has 0 aliphatic rings. The lowest BCUT2D eigenvalue weighted by Gasteiger charge is -1.95. The molecule has 0 saturated carbocycles. The number of nitrogens with zero attached hydrogens (tertiary/aromatic N) is 2. The number of fused-ring (bicyclic) bond motifs is 1. The highest BCUT2D eigenvalue weighted by Gasteiger charge is 2.10. The molecule has 3 rings (SSSR count). The molecule has 0 amide bonds. The van der Waals surface area contributed by atoms with E-state index in [2.05, 4.69) is 9.97 Å². The lowest BCUT2D eigenvalue weighted by atomic mass is 10.2. The molecule has 0 saturated heterocycles. The molecule has 0 bridgehead atoms. The quantitative estimate of drug-likeness (QED) is 0.647. The normalized spacial score (nSPS) is 10.9. The maximum atomic E-state index is 5.90. The van der Waals surface area contributed by atoms with Gasteiger partial charge in [0.2, 0.25) is 5.89 Å². The number of nitrogen functional groups attached to an aromatic ring is 1. The molecule has 0 radical (unpaired) electrons. The maximum absolute atomic E-state index is 5.90. The standard InChI is InChI=1S/C13H11N3O/c1-8-5-10(14)12-11(6-8)16-13(17-12)9-3-2-4-15-7-9/h2-7H,14H2,1H3. The largest absolute Gasteiger partial charge is 0.434 e. The fraction of sp³-hybridized carbons (Fsp3) is 0.0769. The van der Waals surface area contributed by atoms with Gasteiger partial charge in [0, 0.05) is 12.4 Å². The summed E-state index contributed by atoms with van der Waals surface area (Å²) in [5.74, 6) is 0.547. The van der Waals surface area contributed by atoms with Crippen LogP contribution in [0.25, 0.3) is 22.6 Å². The summed E-state index contributed by atoms with van der Waals surface area (Å²) in [7, 11) is 0. The zero-order chi connectivity index (χ0) is 11.8. The number of pyridine rings is 1. The van der Waals surface area contributed by atoms with E-state index in [4.69, 9.17) is 10.2 Å². The Labute approximate surface area is 98.1 Å². The van der Waals surface area contributed by atoms with Gasteiger partial charge in [-0.2, -0.15) is 0 Å². The van der Waals surface area contributed by atoms with E-state index in [9.17, 15) is 0 Å². The van der Waals surface area contributed by atoms with E-state index in [1.54, 1.807) is 12.4 Å². The first-order valence-electron chi connectivity index (χ1n) is 5.31. The summed E-state index contributed by atoms with van der Waals surface area (Å²) in [6.07, 6.45) is 3.43. The molecule has 4 nitrogen and oxygen atoms in total. The highest BCUT2D eigenvalue weighted by atomic mass is 16.3. The SMILES string of the molecule is Cc1cc(N)c2oc(-c3cccnc3)nc2c1. The Balaban J connectivity index is 2.24. The minimum absolute atomic E-state index is 0.547. The Morgan fingerprint density at radius 1 is 1.29 bits per heavy atom. The third-order valence-corrected chi connectivity index (χ3v) is 2.57. The van der Waals surface area contributed by atoms with Crippen molar-refractivity contribution in [3.63, 3.8) is 0 Å². The lowest BCUT2D eigenvalue weighted by Crippen LogP contribution is -1.86. The fourth-order valence-electron chi connectivity index (χ4n) is 1.82. The van der Waals surface area contributed by atoms with Crippen molar-refractivity contribution < 1.29 is 4.42 Å². The van der Waals surface area contributed by atoms with Crippen LogP contribution in [-0.2, 0) is 0 Å². The number of nitrogens with two attached hydrogens (primary N) is 1. The van der Waals surface area contributed by atoms with E-state index in [0.717, 1.165) is 16.6 Å². The monoisotopic (exact) mass is 225 g/mol. The van der Waals surface area contributed by atoms with Crippen LogP contribution in [0.2, 0.25) is 0 Å². The topological polar surface area (TPSA) is 64.9 Å². The third-order valence-electron chi connectivity index (χ3n) is 2.57. The van der Waals surface area contributed by atoms with E-state index in [0.29, 0.717) is 17.2 Å². The Morgan fingerprint density at radius 2 is 2.18 bits per heavy atom. The predicted molar refractivity (Wildman–Crippen MR) is 66.4 cm³/mol. The number of anilines is 1. The molecule has 0 unspecified atom stereocenters. The Kier molecular flexibility index (Phi) is 2.08. The molecular formula is C13H11N3O.